The largest absolute Gasteiger partial charge is 0.379 e. The van der Waals surface area contributed by atoms with Gasteiger partial charge in [-0.1, -0.05) is 6.07 Å². The smallest absolute Gasteiger partial charge is 0.230 e. The third-order valence-corrected chi connectivity index (χ3v) is 5.54. The lowest BCUT2D eigenvalue weighted by Gasteiger charge is -2.40. The number of fused-ring (bicyclic) bond motifs is 1. The molecule has 8 heteroatoms. The van der Waals surface area contributed by atoms with Gasteiger partial charge in [0.1, 0.15) is 5.82 Å². The van der Waals surface area contributed by atoms with Gasteiger partial charge >= 0.3 is 0 Å². The average Bonchev–Trinajstić information content (AvgIpc) is 2.99. The molecule has 0 saturated carbocycles. The summed E-state index contributed by atoms with van der Waals surface area (Å²) in [6.45, 7) is 4.75. The first kappa shape index (κ1) is 18.3. The predicted molar refractivity (Wildman–Crippen MR) is 97.5 cm³/mol. The number of hydrogen-bond acceptors (Lipinski definition) is 5. The lowest BCUT2D eigenvalue weighted by Crippen LogP contribution is -2.64. The van der Waals surface area contributed by atoms with Crippen LogP contribution in [0.4, 0.5) is 10.1 Å². The van der Waals surface area contributed by atoms with Crippen LogP contribution in [0.15, 0.2) is 18.2 Å². The number of rotatable bonds is 3. The maximum atomic E-state index is 14.0. The van der Waals surface area contributed by atoms with E-state index in [1.165, 1.54) is 6.07 Å². The van der Waals surface area contributed by atoms with Crippen LogP contribution in [0.3, 0.4) is 0 Å². The van der Waals surface area contributed by atoms with Crippen LogP contribution in [0.1, 0.15) is 25.3 Å². The van der Waals surface area contributed by atoms with E-state index in [-0.39, 0.29) is 36.3 Å². The van der Waals surface area contributed by atoms with Crippen molar-refractivity contribution in [2.75, 3.05) is 31.2 Å². The number of halogens is 1. The zero-order valence-electron chi connectivity index (χ0n) is 15.4. The van der Waals surface area contributed by atoms with Gasteiger partial charge in [0.25, 0.3) is 0 Å². The topological polar surface area (TPSA) is 73.9 Å². The van der Waals surface area contributed by atoms with E-state index in [2.05, 4.69) is 15.5 Å². The molecule has 3 atom stereocenters. The maximum Gasteiger partial charge on any atom is 0.230 e. The van der Waals surface area contributed by atoms with Crippen molar-refractivity contribution in [3.63, 3.8) is 0 Å². The normalized spacial score (nSPS) is 28.7. The van der Waals surface area contributed by atoms with E-state index >= 15 is 0 Å². The molecule has 2 saturated heterocycles. The Morgan fingerprint density at radius 1 is 1.30 bits per heavy atom. The van der Waals surface area contributed by atoms with Crippen LogP contribution in [0.25, 0.3) is 0 Å². The van der Waals surface area contributed by atoms with Crippen molar-refractivity contribution in [1.82, 2.24) is 15.5 Å². The number of amides is 2. The van der Waals surface area contributed by atoms with Crippen LogP contribution >= 0.6 is 0 Å². The van der Waals surface area contributed by atoms with Crippen molar-refractivity contribution < 1.29 is 18.7 Å². The molecule has 0 bridgehead atoms. The SMILES string of the molecule is CC1Cc2c(F)cccc2N1C(=O)CC1NC(=O)CC(N2CCOCC2)N1. The lowest BCUT2D eigenvalue weighted by atomic mass is 10.1. The molecule has 1 aromatic rings. The molecule has 146 valence electrons. The van der Waals surface area contributed by atoms with E-state index in [4.69, 9.17) is 4.74 Å². The summed E-state index contributed by atoms with van der Waals surface area (Å²) >= 11 is 0. The fraction of sp³-hybridized carbons (Fsp3) is 0.579. The number of nitrogens with one attached hydrogen (secondary N) is 2. The fourth-order valence-electron chi connectivity index (χ4n) is 4.25. The molecule has 2 fully saturated rings. The molecular weight excluding hydrogens is 351 g/mol. The molecule has 3 heterocycles. The third kappa shape index (κ3) is 3.69. The van der Waals surface area contributed by atoms with Gasteiger partial charge < -0.3 is 15.0 Å². The van der Waals surface area contributed by atoms with Crippen LogP contribution in [0.2, 0.25) is 0 Å². The molecule has 0 spiro atoms. The summed E-state index contributed by atoms with van der Waals surface area (Å²) in [7, 11) is 0. The molecule has 0 aromatic heterocycles. The van der Waals surface area contributed by atoms with Crippen molar-refractivity contribution in [2.24, 2.45) is 0 Å². The van der Waals surface area contributed by atoms with Gasteiger partial charge in [-0.15, -0.1) is 0 Å². The summed E-state index contributed by atoms with van der Waals surface area (Å²) in [5, 5.41) is 6.24. The Labute approximate surface area is 157 Å². The average molecular weight is 376 g/mol. The van der Waals surface area contributed by atoms with Crippen LogP contribution < -0.4 is 15.5 Å². The number of morpholine rings is 1. The van der Waals surface area contributed by atoms with Gasteiger partial charge in [0, 0.05) is 24.7 Å². The highest BCUT2D eigenvalue weighted by Gasteiger charge is 2.36. The Bertz CT molecular complexity index is 738. The van der Waals surface area contributed by atoms with Gasteiger partial charge in [0.15, 0.2) is 0 Å². The van der Waals surface area contributed by atoms with Crippen molar-refractivity contribution in [1.29, 1.82) is 0 Å². The van der Waals surface area contributed by atoms with Crippen molar-refractivity contribution in [3.05, 3.63) is 29.6 Å². The monoisotopic (exact) mass is 376 g/mol. The van der Waals surface area contributed by atoms with Crippen LogP contribution in [-0.2, 0) is 20.7 Å². The van der Waals surface area contributed by atoms with E-state index in [1.54, 1.807) is 17.0 Å². The minimum atomic E-state index is -0.434. The molecular formula is C19H25FN4O3. The van der Waals surface area contributed by atoms with Gasteiger partial charge in [0.05, 0.1) is 44.1 Å². The number of hydrogen-bond donors (Lipinski definition) is 2. The van der Waals surface area contributed by atoms with Crippen molar-refractivity contribution >= 4 is 17.5 Å². The Morgan fingerprint density at radius 3 is 2.85 bits per heavy atom. The molecule has 0 radical (unpaired) electrons. The Balaban J connectivity index is 1.45. The highest BCUT2D eigenvalue weighted by Crippen LogP contribution is 2.34. The molecule has 1 aromatic carbocycles. The number of carbonyl (C=O) groups excluding carboxylic acids is 2. The third-order valence-electron chi connectivity index (χ3n) is 5.54. The minimum absolute atomic E-state index is 0.0658. The maximum absolute atomic E-state index is 14.0. The summed E-state index contributed by atoms with van der Waals surface area (Å²) in [5.41, 5.74) is 1.23. The van der Waals surface area contributed by atoms with Gasteiger partial charge in [-0.3, -0.25) is 19.8 Å². The summed E-state index contributed by atoms with van der Waals surface area (Å²) < 4.78 is 19.4. The second-order valence-electron chi connectivity index (χ2n) is 7.41. The predicted octanol–water partition coefficient (Wildman–Crippen LogP) is 0.587. The van der Waals surface area contributed by atoms with Gasteiger partial charge in [-0.25, -0.2) is 4.39 Å². The molecule has 3 aliphatic heterocycles. The summed E-state index contributed by atoms with van der Waals surface area (Å²) in [5.74, 6) is -0.456. The van der Waals surface area contributed by atoms with Gasteiger partial charge in [0.2, 0.25) is 11.8 Å². The highest BCUT2D eigenvalue weighted by molar-refractivity contribution is 5.96. The van der Waals surface area contributed by atoms with Crippen LogP contribution in [-0.4, -0.2) is 61.4 Å². The Kier molecular flexibility index (Phi) is 5.12. The summed E-state index contributed by atoms with van der Waals surface area (Å²) in [6.07, 6.45) is 0.470. The molecule has 3 aliphatic rings. The first-order valence-electron chi connectivity index (χ1n) is 9.49. The molecule has 27 heavy (non-hydrogen) atoms. The lowest BCUT2D eigenvalue weighted by molar-refractivity contribution is -0.128. The van der Waals surface area contributed by atoms with Crippen LogP contribution in [0.5, 0.6) is 0 Å². The molecule has 2 amide bonds. The molecule has 4 rings (SSSR count). The van der Waals surface area contributed by atoms with E-state index in [0.717, 1.165) is 13.1 Å². The number of ether oxygens (including phenoxy) is 1. The Hall–Kier alpha value is -2.03. The standard InChI is InChI=1S/C19H25FN4O3/c1-12-9-13-14(20)3-2-4-15(13)24(12)19(26)10-16-21-17(11-18(25)22-16)23-5-7-27-8-6-23/h2-4,12,16-17,21H,5-11H2,1H3,(H,22,25). The molecule has 3 unspecified atom stereocenters. The van der Waals surface area contributed by atoms with E-state index in [9.17, 15) is 14.0 Å². The van der Waals surface area contributed by atoms with Gasteiger partial charge in [-0.05, 0) is 25.5 Å². The number of benzene rings is 1. The van der Waals surface area contributed by atoms with Crippen molar-refractivity contribution in [3.8, 4) is 0 Å². The number of anilines is 1. The molecule has 7 nitrogen and oxygen atoms in total. The molecule has 2 N–H and O–H groups in total. The van der Waals surface area contributed by atoms with E-state index < -0.39 is 6.17 Å². The number of carbonyl (C=O) groups is 2. The first-order valence-corrected chi connectivity index (χ1v) is 9.49. The zero-order valence-corrected chi connectivity index (χ0v) is 15.4. The second kappa shape index (κ2) is 7.53. The first-order chi connectivity index (χ1) is 13.0. The second-order valence-corrected chi connectivity index (χ2v) is 7.41. The fourth-order valence-corrected chi connectivity index (χ4v) is 4.25. The zero-order chi connectivity index (χ0) is 19.0. The van der Waals surface area contributed by atoms with Gasteiger partial charge in [-0.2, -0.15) is 0 Å². The van der Waals surface area contributed by atoms with Crippen molar-refractivity contribution in [2.45, 2.75) is 44.6 Å². The Morgan fingerprint density at radius 2 is 2.07 bits per heavy atom. The minimum Gasteiger partial charge on any atom is -0.379 e. The van der Waals surface area contributed by atoms with E-state index in [1.807, 2.05) is 6.92 Å². The van der Waals surface area contributed by atoms with Crippen LogP contribution in [0, 0.1) is 5.82 Å². The van der Waals surface area contributed by atoms with E-state index in [0.29, 0.717) is 37.3 Å². The summed E-state index contributed by atoms with van der Waals surface area (Å²) in [6, 6.07) is 4.74. The molecule has 0 aliphatic carbocycles. The quantitative estimate of drug-likeness (QED) is 0.808. The highest BCUT2D eigenvalue weighted by atomic mass is 19.1. The number of nitrogens with zero attached hydrogens (tertiary/aromatic N) is 2. The summed E-state index contributed by atoms with van der Waals surface area (Å²) in [4.78, 5) is 29.0.